The van der Waals surface area contributed by atoms with Gasteiger partial charge in [0.05, 0.1) is 4.53 Å². The van der Waals surface area contributed by atoms with Crippen LogP contribution in [0.5, 0.6) is 0 Å². The number of anilines is 2. The molecule has 61 heavy (non-hydrogen) atoms. The van der Waals surface area contributed by atoms with Gasteiger partial charge in [-0.15, -0.1) is 23.1 Å². The summed E-state index contributed by atoms with van der Waals surface area (Å²) in [5.41, 5.74) is 4.15. The van der Waals surface area contributed by atoms with E-state index >= 15 is 0 Å². The molecule has 1 aliphatic carbocycles. The molecule has 2 fully saturated rings. The molecule has 3 heterocycles. The zero-order chi connectivity index (χ0) is 43.1. The number of hydrogen-bond acceptors (Lipinski definition) is 9. The van der Waals surface area contributed by atoms with Crippen molar-refractivity contribution in [3.05, 3.63) is 80.1 Å². The fraction of sp³-hybridized carbons (Fsp3) is 0.542. The van der Waals surface area contributed by atoms with E-state index in [1.165, 1.54) is 64.9 Å². The first kappa shape index (κ1) is 47.1. The maximum atomic E-state index is 13.9. The summed E-state index contributed by atoms with van der Waals surface area (Å²) >= 11 is 9.87. The van der Waals surface area contributed by atoms with Crippen molar-refractivity contribution in [3.63, 3.8) is 0 Å². The Hall–Kier alpha value is -3.39. The number of thioether (sulfide) groups is 2. The summed E-state index contributed by atoms with van der Waals surface area (Å²) < 4.78 is 2.36. The number of carboxylic acid groups (broad SMARTS) is 2. The van der Waals surface area contributed by atoms with E-state index < -0.39 is 24.0 Å². The molecule has 0 bridgehead atoms. The van der Waals surface area contributed by atoms with Gasteiger partial charge in [-0.25, -0.2) is 0 Å². The molecule has 2 aliphatic heterocycles. The second-order valence-corrected chi connectivity index (χ2v) is 20.4. The van der Waals surface area contributed by atoms with E-state index in [4.69, 9.17) is 24.2 Å². The van der Waals surface area contributed by atoms with E-state index in [0.29, 0.717) is 36.9 Å². The number of aromatic nitrogens is 1. The number of amides is 1. The number of aliphatic carboxylic acids is 2. The van der Waals surface area contributed by atoms with Crippen LogP contribution in [0.2, 0.25) is 0 Å². The summed E-state index contributed by atoms with van der Waals surface area (Å²) in [7, 11) is 0. The fourth-order valence-corrected chi connectivity index (χ4v) is 12.4. The van der Waals surface area contributed by atoms with E-state index in [0.717, 1.165) is 124 Å². The molecular weight excluding hydrogens is 843 g/mol. The molecule has 3 aliphatic rings. The first-order valence-corrected chi connectivity index (χ1v) is 25.5. The van der Waals surface area contributed by atoms with Crippen molar-refractivity contribution in [3.8, 4) is 0 Å². The lowest BCUT2D eigenvalue weighted by molar-refractivity contribution is -0.138. The predicted molar refractivity (Wildman–Crippen MR) is 256 cm³/mol. The van der Waals surface area contributed by atoms with Crippen LogP contribution in [0, 0.1) is 6.92 Å². The van der Waals surface area contributed by atoms with Crippen molar-refractivity contribution in [1.29, 1.82) is 0 Å². The van der Waals surface area contributed by atoms with Gasteiger partial charge in [-0.05, 0) is 105 Å². The second-order valence-electron chi connectivity index (χ2n) is 16.6. The Morgan fingerprint density at radius 2 is 1.48 bits per heavy atom. The van der Waals surface area contributed by atoms with E-state index in [1.54, 1.807) is 4.90 Å². The van der Waals surface area contributed by atoms with E-state index in [-0.39, 0.29) is 12.3 Å². The lowest BCUT2D eigenvalue weighted by Crippen LogP contribution is -2.35. The monoisotopic (exact) mass is 903 g/mol. The number of thiazole rings is 1. The zero-order valence-corrected chi connectivity index (χ0v) is 38.6. The van der Waals surface area contributed by atoms with Gasteiger partial charge in [-0.2, -0.15) is 0 Å². The fourth-order valence-electron chi connectivity index (χ4n) is 8.95. The largest absolute Gasteiger partial charge is 0.481 e. The van der Waals surface area contributed by atoms with E-state index in [2.05, 4.69) is 41.3 Å². The Labute approximate surface area is 379 Å². The minimum absolute atomic E-state index is 0.237. The smallest absolute Gasteiger partial charge is 0.323 e. The number of carbonyl (C=O) groups excluding carboxylic acids is 1. The van der Waals surface area contributed by atoms with Gasteiger partial charge >= 0.3 is 11.9 Å². The molecule has 1 saturated carbocycles. The van der Waals surface area contributed by atoms with Gasteiger partial charge in [0.2, 0.25) is 0 Å². The zero-order valence-electron chi connectivity index (χ0n) is 35.3. The molecule has 2 N–H and O–H groups in total. The Bertz CT molecular complexity index is 2170. The first-order chi connectivity index (χ1) is 29.7. The molecule has 1 aromatic heterocycles. The van der Waals surface area contributed by atoms with Crippen molar-refractivity contribution in [2.75, 3.05) is 17.2 Å². The minimum Gasteiger partial charge on any atom is -0.481 e. The van der Waals surface area contributed by atoms with Crippen LogP contribution in [0.25, 0.3) is 11.0 Å². The molecule has 3 aromatic rings. The van der Waals surface area contributed by atoms with Crippen LogP contribution in [-0.4, -0.2) is 60.2 Å². The molecule has 6 rings (SSSR count). The molecule has 1 saturated heterocycles. The normalized spacial score (nSPS) is 18.4. The van der Waals surface area contributed by atoms with Crippen LogP contribution in [-0.2, 0) is 20.9 Å². The van der Waals surface area contributed by atoms with Crippen LogP contribution < -0.4 is 19.7 Å². The molecule has 2 aromatic carbocycles. The summed E-state index contributed by atoms with van der Waals surface area (Å²) in [5, 5.41) is 18.6. The standard InChI is InChI=1S/C48H61N3O6S4/c1-2-3-4-5-6-12-15-18-30-59-36-26-24-35(25-27-36)51-39-21-19-20-37(39)38-31-34(23-28-40(38)51)32-41-45(56)50(33-43(54)55)47(60-41)44-46(57)49(48(58)61-44)29-17-14-11-9-7-8-10-13-16-22-42(52)53/h1,23-28,31-32,37,39H,2-22,29-30,33H2,(H,52,53)(H,54,55)/b41-32-,47-44+. The third-order valence-corrected chi connectivity index (χ3v) is 15.9. The van der Waals surface area contributed by atoms with Crippen molar-refractivity contribution >= 4 is 91.6 Å². The second kappa shape index (κ2) is 23.9. The number of hydrogen-bond donors (Lipinski definition) is 2. The summed E-state index contributed by atoms with van der Waals surface area (Å²) in [5.74, 6) is -0.636. The van der Waals surface area contributed by atoms with Crippen molar-refractivity contribution < 1.29 is 24.6 Å². The van der Waals surface area contributed by atoms with Gasteiger partial charge in [-0.3, -0.25) is 28.6 Å². The van der Waals surface area contributed by atoms with Crippen LogP contribution in [0.4, 0.5) is 11.4 Å². The number of unbranched alkanes of at least 4 members (excludes halogenated alkanes) is 15. The number of fused-ring (bicyclic) bond motifs is 3. The molecule has 9 nitrogen and oxygen atoms in total. The van der Waals surface area contributed by atoms with Crippen molar-refractivity contribution in [2.24, 2.45) is 0 Å². The predicted octanol–water partition coefficient (Wildman–Crippen LogP) is 10.5. The average molecular weight is 904 g/mol. The lowest BCUT2D eigenvalue weighted by atomic mass is 9.96. The lowest BCUT2D eigenvalue weighted by Gasteiger charge is -2.27. The number of thiocarbonyl (C=S) groups is 1. The Kier molecular flexibility index (Phi) is 18.4. The van der Waals surface area contributed by atoms with Crippen LogP contribution in [0.15, 0.2) is 52.2 Å². The van der Waals surface area contributed by atoms with E-state index in [9.17, 15) is 24.3 Å². The summed E-state index contributed by atoms with van der Waals surface area (Å²) in [4.78, 5) is 56.0. The summed E-state index contributed by atoms with van der Waals surface area (Å²) in [6.45, 7) is 5.54. The number of nitrogens with zero attached hydrogens (tertiary/aromatic N) is 3. The summed E-state index contributed by atoms with van der Waals surface area (Å²) in [6, 6.07) is 15.8. The molecule has 13 heteroatoms. The maximum Gasteiger partial charge on any atom is 0.323 e. The van der Waals surface area contributed by atoms with Crippen molar-refractivity contribution in [2.45, 2.75) is 158 Å². The number of benzene rings is 2. The van der Waals surface area contributed by atoms with Gasteiger partial charge in [0, 0.05) is 41.2 Å². The molecule has 0 spiro atoms. The Morgan fingerprint density at radius 1 is 0.820 bits per heavy atom. The quantitative estimate of drug-likeness (QED) is 0.0458. The number of carbonyl (C=O) groups is 3. The molecule has 2 radical (unpaired) electrons. The minimum atomic E-state index is -1.15. The van der Waals surface area contributed by atoms with Gasteiger partial charge in [0.15, 0.2) is 0 Å². The van der Waals surface area contributed by atoms with Crippen molar-refractivity contribution in [1.82, 2.24) is 9.47 Å². The van der Waals surface area contributed by atoms with Gasteiger partial charge < -0.3 is 15.1 Å². The van der Waals surface area contributed by atoms with Gasteiger partial charge in [0.25, 0.3) is 11.5 Å². The summed E-state index contributed by atoms with van der Waals surface area (Å²) in [6.07, 6.45) is 23.9. The van der Waals surface area contributed by atoms with E-state index in [1.807, 2.05) is 23.9 Å². The first-order valence-electron chi connectivity index (χ1n) is 22.5. The highest BCUT2D eigenvalue weighted by molar-refractivity contribution is 8.30. The SMILES string of the molecule is [CH]CCCCCCCCCSc1ccc(N2c3ccc(/C=c4\s/c(=C5/SC(=S)N(CCCCCCCCCCCC(=O)O)C5=O)n(CC(=O)O)c4=O)cc3C3CCCC32)cc1. The number of carboxylic acids is 2. The maximum absolute atomic E-state index is 13.9. The topological polar surface area (TPSA) is 120 Å². The highest BCUT2D eigenvalue weighted by Crippen LogP contribution is 2.52. The molecule has 2 unspecified atom stereocenters. The molecular formula is C48H61N3O6S4. The molecule has 328 valence electrons. The van der Waals surface area contributed by atoms with Gasteiger partial charge in [-0.1, -0.05) is 120 Å². The van der Waals surface area contributed by atoms with Gasteiger partial charge in [0.1, 0.15) is 20.4 Å². The highest BCUT2D eigenvalue weighted by atomic mass is 32.2. The van der Waals surface area contributed by atoms with Crippen LogP contribution >= 0.6 is 47.1 Å². The van der Waals surface area contributed by atoms with Crippen LogP contribution in [0.3, 0.4) is 0 Å². The molecule has 2 atom stereocenters. The average Bonchev–Trinajstić information content (AvgIpc) is 3.98. The molecule has 1 amide bonds. The highest BCUT2D eigenvalue weighted by Gasteiger charge is 2.42. The Balaban J connectivity index is 1.10. The van der Waals surface area contributed by atoms with Crippen LogP contribution in [0.1, 0.15) is 152 Å². The number of rotatable bonds is 26. The third-order valence-electron chi connectivity index (χ3n) is 12.1. The Morgan fingerprint density at radius 3 is 2.15 bits per heavy atom. The third kappa shape index (κ3) is 12.9.